The van der Waals surface area contributed by atoms with E-state index in [1.54, 1.807) is 18.2 Å². The van der Waals surface area contributed by atoms with E-state index < -0.39 is 29.6 Å². The van der Waals surface area contributed by atoms with Crippen LogP contribution in [0.4, 0.5) is 8.78 Å². The van der Waals surface area contributed by atoms with Gasteiger partial charge in [0.2, 0.25) is 12.9 Å². The topological polar surface area (TPSA) is 73.9 Å². The average molecular weight is 363 g/mol. The number of carbonyl (C=O) groups is 2. The molecule has 6 nitrogen and oxygen atoms in total. The van der Waals surface area contributed by atoms with Crippen molar-refractivity contribution in [3.63, 3.8) is 0 Å². The Bertz CT molecular complexity index is 855. The second kappa shape index (κ2) is 7.38. The lowest BCUT2D eigenvalue weighted by Gasteiger charge is -2.17. The van der Waals surface area contributed by atoms with Crippen LogP contribution in [0, 0.1) is 11.6 Å². The first-order chi connectivity index (χ1) is 12.4. The first-order valence-electron chi connectivity index (χ1n) is 7.72. The van der Waals surface area contributed by atoms with Crippen LogP contribution >= 0.6 is 0 Å². The zero-order valence-electron chi connectivity index (χ0n) is 13.8. The predicted molar refractivity (Wildman–Crippen MR) is 85.3 cm³/mol. The van der Waals surface area contributed by atoms with Gasteiger partial charge in [-0.05, 0) is 29.8 Å². The summed E-state index contributed by atoms with van der Waals surface area (Å²) in [6.07, 6.45) is -1.39. The van der Waals surface area contributed by atoms with Gasteiger partial charge in [-0.3, -0.25) is 9.59 Å². The fourth-order valence-corrected chi connectivity index (χ4v) is 2.45. The Balaban J connectivity index is 1.73. The number of carbonyl (C=O) groups excluding carboxylic acids is 2. The van der Waals surface area contributed by atoms with Crippen molar-refractivity contribution in [3.05, 3.63) is 59.2 Å². The van der Waals surface area contributed by atoms with Gasteiger partial charge in [-0.2, -0.15) is 0 Å². The number of hydrogen-bond donors (Lipinski definition) is 1. The van der Waals surface area contributed by atoms with Gasteiger partial charge in [0.15, 0.2) is 23.1 Å². The molecule has 0 bridgehead atoms. The maximum atomic E-state index is 13.4. The third kappa shape index (κ3) is 3.90. The number of fused-ring (bicyclic) bond motifs is 1. The third-order valence-electron chi connectivity index (χ3n) is 3.67. The highest BCUT2D eigenvalue weighted by Gasteiger charge is 2.25. The molecule has 0 spiro atoms. The molecule has 0 saturated heterocycles. The van der Waals surface area contributed by atoms with Crippen molar-refractivity contribution in [2.75, 3.05) is 6.79 Å². The molecule has 1 N–H and O–H groups in total. The van der Waals surface area contributed by atoms with E-state index in [-0.39, 0.29) is 18.9 Å². The minimum atomic E-state index is -1.39. The van der Waals surface area contributed by atoms with Crippen LogP contribution in [0.5, 0.6) is 11.5 Å². The molecule has 1 atom stereocenters. The van der Waals surface area contributed by atoms with Gasteiger partial charge in [0.05, 0.1) is 0 Å². The zero-order valence-corrected chi connectivity index (χ0v) is 13.8. The van der Waals surface area contributed by atoms with Crippen LogP contribution in [0.2, 0.25) is 0 Å². The highest BCUT2D eigenvalue weighted by Crippen LogP contribution is 2.32. The Morgan fingerprint density at radius 1 is 1.12 bits per heavy atom. The molecule has 2 aromatic rings. The van der Waals surface area contributed by atoms with E-state index in [4.69, 9.17) is 14.2 Å². The van der Waals surface area contributed by atoms with Crippen molar-refractivity contribution in [2.24, 2.45) is 0 Å². The van der Waals surface area contributed by atoms with Gasteiger partial charge in [0, 0.05) is 19.0 Å². The second-order valence-corrected chi connectivity index (χ2v) is 5.57. The van der Waals surface area contributed by atoms with Gasteiger partial charge in [0.25, 0.3) is 5.91 Å². The third-order valence-corrected chi connectivity index (χ3v) is 3.67. The van der Waals surface area contributed by atoms with E-state index in [1.165, 1.54) is 6.07 Å². The molecule has 0 aromatic heterocycles. The molecule has 1 aliphatic rings. The van der Waals surface area contributed by atoms with Crippen molar-refractivity contribution in [1.82, 2.24) is 5.32 Å². The summed E-state index contributed by atoms with van der Waals surface area (Å²) < 4.78 is 42.0. The number of benzene rings is 2. The summed E-state index contributed by atoms with van der Waals surface area (Å²) in [5.41, 5.74) is 0.761. The summed E-state index contributed by atoms with van der Waals surface area (Å²) in [6, 6.07) is 8.04. The number of halogens is 2. The maximum absolute atomic E-state index is 13.4. The highest BCUT2D eigenvalue weighted by molar-refractivity contribution is 5.84. The number of hydrogen-bond acceptors (Lipinski definition) is 5. The van der Waals surface area contributed by atoms with E-state index in [9.17, 15) is 18.4 Å². The summed E-state index contributed by atoms with van der Waals surface area (Å²) in [7, 11) is 0. The van der Waals surface area contributed by atoms with Gasteiger partial charge in [-0.1, -0.05) is 12.1 Å². The summed E-state index contributed by atoms with van der Waals surface area (Å²) >= 11 is 0. The predicted octanol–water partition coefficient (Wildman–Crippen LogP) is 2.61. The molecule has 136 valence electrons. The summed E-state index contributed by atoms with van der Waals surface area (Å²) in [6.45, 7) is 1.38. The Morgan fingerprint density at radius 3 is 2.62 bits per heavy atom. The normalized spacial score (nSPS) is 13.2. The lowest BCUT2D eigenvalue weighted by Crippen LogP contribution is -2.31. The van der Waals surface area contributed by atoms with Crippen molar-refractivity contribution < 1.29 is 32.6 Å². The summed E-state index contributed by atoms with van der Waals surface area (Å²) in [5, 5.41) is 2.60. The smallest absolute Gasteiger partial charge is 0.303 e. The van der Waals surface area contributed by atoms with E-state index in [1.807, 2.05) is 0 Å². The SMILES string of the molecule is CC(=O)OC(C(=O)NCc1ccc2c(c1)OCO2)c1ccc(F)c(F)c1. The standard InChI is InChI=1S/C18H15F2NO5/c1-10(22)26-17(12-3-4-13(19)14(20)7-12)18(23)21-8-11-2-5-15-16(6-11)25-9-24-15/h2-7,17H,8-9H2,1H3,(H,21,23). The number of amides is 1. The first-order valence-corrected chi connectivity index (χ1v) is 7.72. The van der Waals surface area contributed by atoms with Crippen LogP contribution in [0.25, 0.3) is 0 Å². The largest absolute Gasteiger partial charge is 0.454 e. The Morgan fingerprint density at radius 2 is 1.88 bits per heavy atom. The lowest BCUT2D eigenvalue weighted by atomic mass is 10.1. The molecule has 1 heterocycles. The lowest BCUT2D eigenvalue weighted by molar-refractivity contribution is -0.154. The Kier molecular flexibility index (Phi) is 5.01. The number of ether oxygens (including phenoxy) is 3. The monoisotopic (exact) mass is 363 g/mol. The molecule has 3 rings (SSSR count). The number of esters is 1. The van der Waals surface area contributed by atoms with E-state index >= 15 is 0 Å². The fourth-order valence-electron chi connectivity index (χ4n) is 2.45. The molecule has 0 saturated carbocycles. The fraction of sp³-hybridized carbons (Fsp3) is 0.222. The van der Waals surface area contributed by atoms with Crippen molar-refractivity contribution >= 4 is 11.9 Å². The van der Waals surface area contributed by atoms with E-state index in [0.29, 0.717) is 11.5 Å². The van der Waals surface area contributed by atoms with Crippen molar-refractivity contribution in [1.29, 1.82) is 0 Å². The van der Waals surface area contributed by atoms with Gasteiger partial charge in [-0.15, -0.1) is 0 Å². The molecule has 1 unspecified atom stereocenters. The van der Waals surface area contributed by atoms with Gasteiger partial charge in [-0.25, -0.2) is 8.78 Å². The molecule has 2 aromatic carbocycles. The van der Waals surface area contributed by atoms with Crippen LogP contribution in [0.3, 0.4) is 0 Å². The van der Waals surface area contributed by atoms with Crippen molar-refractivity contribution in [3.8, 4) is 11.5 Å². The van der Waals surface area contributed by atoms with E-state index in [2.05, 4.69) is 5.32 Å². The zero-order chi connectivity index (χ0) is 18.7. The number of rotatable bonds is 5. The number of nitrogens with one attached hydrogen (secondary N) is 1. The molecule has 8 heteroatoms. The van der Waals surface area contributed by atoms with Gasteiger partial charge in [0.1, 0.15) is 0 Å². The van der Waals surface area contributed by atoms with Crippen LogP contribution in [-0.2, 0) is 20.9 Å². The Hall–Kier alpha value is -3.16. The maximum Gasteiger partial charge on any atom is 0.303 e. The van der Waals surface area contributed by atoms with Crippen LogP contribution in [0.1, 0.15) is 24.2 Å². The summed E-state index contributed by atoms with van der Waals surface area (Å²) in [5.74, 6) is -2.41. The minimum absolute atomic E-state index is 0.0299. The molecular weight excluding hydrogens is 348 g/mol. The molecule has 0 radical (unpaired) electrons. The molecule has 0 fully saturated rings. The van der Waals surface area contributed by atoms with Crippen LogP contribution in [0.15, 0.2) is 36.4 Å². The van der Waals surface area contributed by atoms with Gasteiger partial charge >= 0.3 is 5.97 Å². The van der Waals surface area contributed by atoms with Crippen LogP contribution < -0.4 is 14.8 Å². The quantitative estimate of drug-likeness (QED) is 0.827. The molecule has 0 aliphatic carbocycles. The van der Waals surface area contributed by atoms with Crippen LogP contribution in [-0.4, -0.2) is 18.7 Å². The Labute approximate surface area is 147 Å². The minimum Gasteiger partial charge on any atom is -0.454 e. The molecule has 1 amide bonds. The van der Waals surface area contributed by atoms with Crippen molar-refractivity contribution in [2.45, 2.75) is 19.6 Å². The molecular formula is C18H15F2NO5. The molecule has 26 heavy (non-hydrogen) atoms. The average Bonchev–Trinajstić information content (AvgIpc) is 3.07. The first kappa shape index (κ1) is 17.7. The molecule has 1 aliphatic heterocycles. The second-order valence-electron chi connectivity index (χ2n) is 5.57. The van der Waals surface area contributed by atoms with Gasteiger partial charge < -0.3 is 19.5 Å². The highest BCUT2D eigenvalue weighted by atomic mass is 19.2. The summed E-state index contributed by atoms with van der Waals surface area (Å²) in [4.78, 5) is 23.7. The van der Waals surface area contributed by atoms with E-state index in [0.717, 1.165) is 24.6 Å².